The Bertz CT molecular complexity index is 1110. The van der Waals surface area contributed by atoms with E-state index in [-0.39, 0.29) is 16.9 Å². The van der Waals surface area contributed by atoms with Crippen LogP contribution >= 0.6 is 0 Å². The van der Waals surface area contributed by atoms with Crippen molar-refractivity contribution in [2.24, 2.45) is 5.14 Å². The summed E-state index contributed by atoms with van der Waals surface area (Å²) in [6.07, 6.45) is -0.0633. The molecule has 142 valence electrons. The van der Waals surface area contributed by atoms with Gasteiger partial charge >= 0.3 is 0 Å². The van der Waals surface area contributed by atoms with E-state index in [0.717, 1.165) is 10.7 Å². The lowest BCUT2D eigenvalue weighted by Crippen LogP contribution is -2.16. The minimum atomic E-state index is -4.64. The van der Waals surface area contributed by atoms with Crippen molar-refractivity contribution < 1.29 is 26.0 Å². The predicted molar refractivity (Wildman–Crippen MR) is 87.8 cm³/mol. The number of alkyl halides is 2. The first-order chi connectivity index (χ1) is 12.6. The smallest absolute Gasteiger partial charge is 0.262 e. The first kappa shape index (κ1) is 19.0. The zero-order chi connectivity index (χ0) is 19.9. The van der Waals surface area contributed by atoms with Crippen molar-refractivity contribution in [2.45, 2.75) is 18.2 Å². The van der Waals surface area contributed by atoms with Gasteiger partial charge in [-0.15, -0.1) is 0 Å². The lowest BCUT2D eigenvalue weighted by molar-refractivity contribution is 0.145. The molecule has 0 atom stereocenters. The number of rotatable bonds is 4. The van der Waals surface area contributed by atoms with Crippen LogP contribution in [0.25, 0.3) is 16.9 Å². The van der Waals surface area contributed by atoms with E-state index in [2.05, 4.69) is 10.1 Å². The van der Waals surface area contributed by atoms with Gasteiger partial charge in [-0.05, 0) is 36.8 Å². The van der Waals surface area contributed by atoms with Gasteiger partial charge in [0, 0.05) is 11.8 Å². The molecule has 27 heavy (non-hydrogen) atoms. The molecule has 0 bridgehead atoms. The molecule has 0 unspecified atom stereocenters. The van der Waals surface area contributed by atoms with Crippen LogP contribution in [-0.2, 0) is 10.0 Å². The summed E-state index contributed by atoms with van der Waals surface area (Å²) in [5.41, 5.74) is 0.0975. The standard InChI is InChI=1S/C16H12F4N4O2S/c1-8-2-10(7-22-6-8)24-14(5-13(23-24)16(19)20)9-3-11(17)15(12(18)4-9)27(21,25)26/h2-7,16H,1H3,(H2,21,25,26). The summed E-state index contributed by atoms with van der Waals surface area (Å²) in [5.74, 6) is -2.89. The van der Waals surface area contributed by atoms with E-state index >= 15 is 0 Å². The van der Waals surface area contributed by atoms with Crippen molar-refractivity contribution in [1.29, 1.82) is 0 Å². The summed E-state index contributed by atoms with van der Waals surface area (Å²) >= 11 is 0. The Kier molecular flexibility index (Phi) is 4.74. The fraction of sp³-hybridized carbons (Fsp3) is 0.125. The number of hydrogen-bond acceptors (Lipinski definition) is 4. The molecule has 6 nitrogen and oxygen atoms in total. The number of nitrogens with two attached hydrogens (primary N) is 1. The number of aryl methyl sites for hydroxylation is 1. The summed E-state index contributed by atoms with van der Waals surface area (Å²) in [7, 11) is -4.64. The molecule has 0 amide bonds. The third-order valence-corrected chi connectivity index (χ3v) is 4.59. The van der Waals surface area contributed by atoms with Crippen LogP contribution < -0.4 is 5.14 Å². The van der Waals surface area contributed by atoms with Crippen LogP contribution in [-0.4, -0.2) is 23.2 Å². The fourth-order valence-corrected chi connectivity index (χ4v) is 3.20. The Morgan fingerprint density at radius 2 is 1.70 bits per heavy atom. The minimum Gasteiger partial charge on any atom is -0.262 e. The summed E-state index contributed by atoms with van der Waals surface area (Å²) in [6.45, 7) is 1.72. The highest BCUT2D eigenvalue weighted by atomic mass is 32.2. The van der Waals surface area contributed by atoms with Crippen LogP contribution in [0, 0.1) is 18.6 Å². The van der Waals surface area contributed by atoms with Crippen LogP contribution in [0.3, 0.4) is 0 Å². The van der Waals surface area contributed by atoms with Crippen molar-refractivity contribution in [3.8, 4) is 16.9 Å². The second-order valence-electron chi connectivity index (χ2n) is 5.70. The van der Waals surface area contributed by atoms with Gasteiger partial charge in [0.2, 0.25) is 10.0 Å². The fourth-order valence-electron chi connectivity index (χ4n) is 2.54. The van der Waals surface area contributed by atoms with Gasteiger partial charge in [0.15, 0.2) is 4.90 Å². The molecule has 0 aliphatic heterocycles. The van der Waals surface area contributed by atoms with Crippen LogP contribution in [0.2, 0.25) is 0 Å². The average Bonchev–Trinajstić information content (AvgIpc) is 2.98. The molecule has 3 rings (SSSR count). The van der Waals surface area contributed by atoms with E-state index < -0.39 is 38.7 Å². The van der Waals surface area contributed by atoms with Crippen molar-refractivity contribution in [3.05, 3.63) is 59.6 Å². The van der Waals surface area contributed by atoms with Crippen molar-refractivity contribution >= 4 is 10.0 Å². The van der Waals surface area contributed by atoms with Crippen LogP contribution in [0.4, 0.5) is 17.6 Å². The van der Waals surface area contributed by atoms with Gasteiger partial charge in [0.1, 0.15) is 17.3 Å². The van der Waals surface area contributed by atoms with E-state index in [9.17, 15) is 26.0 Å². The van der Waals surface area contributed by atoms with E-state index in [0.29, 0.717) is 17.7 Å². The van der Waals surface area contributed by atoms with Gasteiger partial charge in [0.25, 0.3) is 6.43 Å². The van der Waals surface area contributed by atoms with Gasteiger partial charge in [0.05, 0.1) is 17.6 Å². The molecule has 1 aromatic carbocycles. The number of nitrogens with zero attached hydrogens (tertiary/aromatic N) is 3. The highest BCUT2D eigenvalue weighted by Gasteiger charge is 2.24. The first-order valence-electron chi connectivity index (χ1n) is 7.40. The maximum atomic E-state index is 14.2. The van der Waals surface area contributed by atoms with Gasteiger partial charge in [-0.25, -0.2) is 35.8 Å². The van der Waals surface area contributed by atoms with E-state index in [1.54, 1.807) is 13.0 Å². The molecule has 11 heteroatoms. The number of pyridine rings is 1. The lowest BCUT2D eigenvalue weighted by Gasteiger charge is -2.10. The second-order valence-corrected chi connectivity index (χ2v) is 7.20. The van der Waals surface area contributed by atoms with Gasteiger partial charge in [-0.3, -0.25) is 4.98 Å². The average molecular weight is 400 g/mol. The lowest BCUT2D eigenvalue weighted by atomic mass is 10.1. The van der Waals surface area contributed by atoms with E-state index in [1.807, 2.05) is 0 Å². The maximum absolute atomic E-state index is 14.2. The van der Waals surface area contributed by atoms with E-state index in [1.165, 1.54) is 12.4 Å². The van der Waals surface area contributed by atoms with Gasteiger partial charge < -0.3 is 0 Å². The van der Waals surface area contributed by atoms with Crippen molar-refractivity contribution in [2.75, 3.05) is 0 Å². The molecule has 0 fully saturated rings. The van der Waals surface area contributed by atoms with Crippen molar-refractivity contribution in [1.82, 2.24) is 14.8 Å². The number of sulfonamides is 1. The molecule has 0 spiro atoms. The minimum absolute atomic E-state index is 0.0727. The monoisotopic (exact) mass is 400 g/mol. The molecule has 0 aliphatic rings. The summed E-state index contributed by atoms with van der Waals surface area (Å²) in [5, 5.41) is 8.56. The molecular formula is C16H12F4N4O2S. The molecule has 0 radical (unpaired) electrons. The van der Waals surface area contributed by atoms with Crippen molar-refractivity contribution in [3.63, 3.8) is 0 Å². The predicted octanol–water partition coefficient (Wildman–Crippen LogP) is 3.11. The Labute approximate surface area is 151 Å². The topological polar surface area (TPSA) is 90.9 Å². The quantitative estimate of drug-likeness (QED) is 0.682. The largest absolute Gasteiger partial charge is 0.282 e. The zero-order valence-electron chi connectivity index (χ0n) is 13.7. The third kappa shape index (κ3) is 3.69. The summed E-state index contributed by atoms with van der Waals surface area (Å²) in [4.78, 5) is 2.64. The maximum Gasteiger partial charge on any atom is 0.282 e. The molecule has 0 saturated heterocycles. The van der Waals surface area contributed by atoms with Gasteiger partial charge in [-0.1, -0.05) is 0 Å². The Balaban J connectivity index is 2.26. The third-order valence-electron chi connectivity index (χ3n) is 3.64. The number of aromatic nitrogens is 3. The Morgan fingerprint density at radius 3 is 2.22 bits per heavy atom. The van der Waals surface area contributed by atoms with Gasteiger partial charge in [-0.2, -0.15) is 5.10 Å². The number of primary sulfonamides is 1. The van der Waals surface area contributed by atoms with E-state index in [4.69, 9.17) is 5.14 Å². The zero-order valence-corrected chi connectivity index (χ0v) is 14.5. The van der Waals surface area contributed by atoms with Crippen LogP contribution in [0.1, 0.15) is 17.7 Å². The molecule has 2 heterocycles. The highest BCUT2D eigenvalue weighted by molar-refractivity contribution is 7.89. The van der Waals surface area contributed by atoms with Crippen LogP contribution in [0.15, 0.2) is 41.6 Å². The Morgan fingerprint density at radius 1 is 1.07 bits per heavy atom. The number of hydrogen-bond donors (Lipinski definition) is 1. The molecular weight excluding hydrogens is 388 g/mol. The summed E-state index contributed by atoms with van der Waals surface area (Å²) < 4.78 is 78.2. The molecule has 0 saturated carbocycles. The molecule has 3 aromatic rings. The molecule has 0 aliphatic carbocycles. The summed E-state index contributed by atoms with van der Waals surface area (Å²) in [6, 6.07) is 3.92. The molecule has 2 aromatic heterocycles. The number of halogens is 4. The first-order valence-corrected chi connectivity index (χ1v) is 8.95. The highest BCUT2D eigenvalue weighted by Crippen LogP contribution is 2.31. The van der Waals surface area contributed by atoms with Crippen LogP contribution in [0.5, 0.6) is 0 Å². The normalized spacial score (nSPS) is 12.0. The second kappa shape index (κ2) is 6.74. The SMILES string of the molecule is Cc1cncc(-n2nc(C(F)F)cc2-c2cc(F)c(S(N)(=O)=O)c(F)c2)c1. The molecule has 2 N–H and O–H groups in total. The number of benzene rings is 1. The Hall–Kier alpha value is -2.79.